The highest BCUT2D eigenvalue weighted by atomic mass is 32.2. The van der Waals surface area contributed by atoms with Crippen molar-refractivity contribution in [2.24, 2.45) is 5.92 Å². The highest BCUT2D eigenvalue weighted by Gasteiger charge is 2.46. The van der Waals surface area contributed by atoms with E-state index in [0.717, 1.165) is 16.9 Å². The van der Waals surface area contributed by atoms with Crippen molar-refractivity contribution in [3.8, 4) is 0 Å². The Hall–Kier alpha value is -3.39. The first-order chi connectivity index (χ1) is 17.0. The molecule has 0 saturated carbocycles. The highest BCUT2D eigenvalue weighted by Crippen LogP contribution is 2.33. The van der Waals surface area contributed by atoms with Gasteiger partial charge in [0.25, 0.3) is 16.0 Å². The Morgan fingerprint density at radius 1 is 1.28 bits per heavy atom. The summed E-state index contributed by atoms with van der Waals surface area (Å²) < 4.78 is 62.3. The van der Waals surface area contributed by atoms with Crippen molar-refractivity contribution < 1.29 is 31.3 Å². The molecular weight excluding hydrogens is 498 g/mol. The molecular formula is C22H28F2N6O5S. The van der Waals surface area contributed by atoms with Crippen LogP contribution in [0.25, 0.3) is 5.65 Å². The number of nitrogens with one attached hydrogen (secondary N) is 1. The SMILES string of the molecule is CCc1ccc(COC(=O)N2CC[C@H](CNc3nccn4cnnc34)C(F)(F)C2)cc1.CS(=O)(=O)O. The molecule has 14 heteroatoms. The van der Waals surface area contributed by atoms with Crippen LogP contribution in [0.3, 0.4) is 0 Å². The van der Waals surface area contributed by atoms with Crippen LogP contribution < -0.4 is 5.32 Å². The number of carbonyl (C=O) groups excluding carboxylic acids is 1. The van der Waals surface area contributed by atoms with Gasteiger partial charge in [-0.15, -0.1) is 10.2 Å². The summed E-state index contributed by atoms with van der Waals surface area (Å²) in [6.45, 7) is 1.66. The summed E-state index contributed by atoms with van der Waals surface area (Å²) in [6.07, 6.45) is 5.80. The van der Waals surface area contributed by atoms with E-state index in [1.54, 1.807) is 16.8 Å². The van der Waals surface area contributed by atoms with E-state index < -0.39 is 34.6 Å². The van der Waals surface area contributed by atoms with Crippen molar-refractivity contribution in [1.82, 2.24) is 24.5 Å². The van der Waals surface area contributed by atoms with Crippen LogP contribution in [0.4, 0.5) is 19.4 Å². The van der Waals surface area contributed by atoms with Crippen LogP contribution in [-0.4, -0.2) is 75.4 Å². The average molecular weight is 527 g/mol. The molecule has 196 valence electrons. The maximum absolute atomic E-state index is 14.7. The van der Waals surface area contributed by atoms with Crippen LogP contribution in [0, 0.1) is 5.92 Å². The first kappa shape index (κ1) is 27.2. The van der Waals surface area contributed by atoms with Gasteiger partial charge in [-0.05, 0) is 24.0 Å². The number of likely N-dealkylation sites (tertiary alicyclic amines) is 1. The third-order valence-corrected chi connectivity index (χ3v) is 5.53. The lowest BCUT2D eigenvalue weighted by molar-refractivity contribution is -0.101. The normalized spacial score (nSPS) is 17.2. The van der Waals surface area contributed by atoms with Gasteiger partial charge < -0.3 is 15.0 Å². The molecule has 2 aromatic heterocycles. The Labute approximate surface area is 207 Å². The molecule has 1 aliphatic rings. The first-order valence-corrected chi connectivity index (χ1v) is 13.0. The average Bonchev–Trinajstić information content (AvgIpc) is 3.30. The molecule has 1 fully saturated rings. The fraction of sp³-hybridized carbons (Fsp3) is 0.455. The second kappa shape index (κ2) is 11.6. The number of aryl methyl sites for hydroxylation is 1. The van der Waals surface area contributed by atoms with E-state index in [-0.39, 0.29) is 26.1 Å². The minimum atomic E-state index is -3.67. The van der Waals surface area contributed by atoms with Gasteiger partial charge in [0, 0.05) is 31.4 Å². The first-order valence-electron chi connectivity index (χ1n) is 11.1. The maximum Gasteiger partial charge on any atom is 0.410 e. The van der Waals surface area contributed by atoms with Crippen molar-refractivity contribution in [3.63, 3.8) is 0 Å². The topological polar surface area (TPSA) is 139 Å². The predicted molar refractivity (Wildman–Crippen MR) is 127 cm³/mol. The van der Waals surface area contributed by atoms with E-state index in [4.69, 9.17) is 9.29 Å². The third-order valence-electron chi connectivity index (χ3n) is 5.53. The van der Waals surface area contributed by atoms with E-state index in [1.165, 1.54) is 11.9 Å². The molecule has 36 heavy (non-hydrogen) atoms. The van der Waals surface area contributed by atoms with Gasteiger partial charge in [0.05, 0.1) is 12.8 Å². The van der Waals surface area contributed by atoms with Crippen LogP contribution in [0.15, 0.2) is 43.0 Å². The summed E-state index contributed by atoms with van der Waals surface area (Å²) in [5.74, 6) is -3.60. The van der Waals surface area contributed by atoms with Crippen LogP contribution in [0.1, 0.15) is 24.5 Å². The standard InChI is InChI=1S/C21H24F2N6O2.CH4O3S/c1-2-15-3-5-16(6-4-15)12-31-20(30)28-9-7-17(21(22,23)13-28)11-25-18-19-27-26-14-29(19)10-8-24-18;1-5(2,3)4/h3-6,8,10,14,17H,2,7,9,11-13H2,1H3,(H,24,25);1H3,(H,2,3,4)/t17-;/m1./s1. The van der Waals surface area contributed by atoms with E-state index in [0.29, 0.717) is 17.7 Å². The summed E-state index contributed by atoms with van der Waals surface area (Å²) in [5.41, 5.74) is 2.48. The monoisotopic (exact) mass is 526 g/mol. The van der Waals surface area contributed by atoms with E-state index in [2.05, 4.69) is 27.4 Å². The molecule has 1 atom stereocenters. The number of fused-ring (bicyclic) bond motifs is 1. The fourth-order valence-corrected chi connectivity index (χ4v) is 3.60. The lowest BCUT2D eigenvalue weighted by Gasteiger charge is -2.37. The number of hydrogen-bond donors (Lipinski definition) is 2. The second-order valence-corrected chi connectivity index (χ2v) is 9.81. The van der Waals surface area contributed by atoms with E-state index in [9.17, 15) is 22.0 Å². The molecule has 3 aromatic rings. The maximum atomic E-state index is 14.7. The Morgan fingerprint density at radius 3 is 2.58 bits per heavy atom. The summed E-state index contributed by atoms with van der Waals surface area (Å²) in [5, 5.41) is 10.7. The van der Waals surface area contributed by atoms with Gasteiger partial charge in [0.15, 0.2) is 5.82 Å². The quantitative estimate of drug-likeness (QED) is 0.464. The molecule has 0 unspecified atom stereocenters. The molecule has 0 spiro atoms. The number of piperidine rings is 1. The number of hydrogen-bond acceptors (Lipinski definition) is 8. The zero-order valence-corrected chi connectivity index (χ0v) is 20.7. The van der Waals surface area contributed by atoms with Gasteiger partial charge in [-0.2, -0.15) is 8.42 Å². The largest absolute Gasteiger partial charge is 0.445 e. The molecule has 1 aliphatic heterocycles. The highest BCUT2D eigenvalue weighted by molar-refractivity contribution is 7.85. The molecule has 0 bridgehead atoms. The van der Waals surface area contributed by atoms with Crippen molar-refractivity contribution in [3.05, 3.63) is 54.1 Å². The molecule has 0 radical (unpaired) electrons. The van der Waals surface area contributed by atoms with Gasteiger partial charge in [-0.3, -0.25) is 8.95 Å². The number of halogens is 2. The molecule has 1 aromatic carbocycles. The lowest BCUT2D eigenvalue weighted by Crippen LogP contribution is -2.52. The van der Waals surface area contributed by atoms with Crippen molar-refractivity contribution in [1.29, 1.82) is 0 Å². The molecule has 2 N–H and O–H groups in total. The number of carbonyl (C=O) groups is 1. The summed E-state index contributed by atoms with van der Waals surface area (Å²) in [7, 11) is -3.67. The van der Waals surface area contributed by atoms with Crippen molar-refractivity contribution >= 4 is 27.7 Å². The van der Waals surface area contributed by atoms with E-state index >= 15 is 0 Å². The number of amides is 1. The van der Waals surface area contributed by atoms with Crippen LogP contribution in [-0.2, 0) is 27.9 Å². The van der Waals surface area contributed by atoms with E-state index in [1.807, 2.05) is 24.3 Å². The Morgan fingerprint density at radius 2 is 1.94 bits per heavy atom. The summed E-state index contributed by atoms with van der Waals surface area (Å²) >= 11 is 0. The van der Waals surface area contributed by atoms with Gasteiger partial charge >= 0.3 is 6.09 Å². The Bertz CT molecular complexity index is 1260. The van der Waals surface area contributed by atoms with Gasteiger partial charge in [-0.1, -0.05) is 31.2 Å². The molecule has 1 saturated heterocycles. The molecule has 3 heterocycles. The number of alkyl halides is 2. The van der Waals surface area contributed by atoms with Gasteiger partial charge in [0.2, 0.25) is 5.65 Å². The van der Waals surface area contributed by atoms with Crippen molar-refractivity contribution in [2.45, 2.75) is 32.3 Å². The molecule has 11 nitrogen and oxygen atoms in total. The number of aromatic nitrogens is 4. The van der Waals surface area contributed by atoms with Gasteiger partial charge in [-0.25, -0.2) is 18.6 Å². The zero-order chi connectivity index (χ0) is 26.3. The summed E-state index contributed by atoms with van der Waals surface area (Å²) in [6, 6.07) is 7.68. The van der Waals surface area contributed by atoms with Gasteiger partial charge in [0.1, 0.15) is 12.9 Å². The zero-order valence-electron chi connectivity index (χ0n) is 19.8. The minimum Gasteiger partial charge on any atom is -0.445 e. The van der Waals surface area contributed by atoms with Crippen LogP contribution in [0.5, 0.6) is 0 Å². The fourth-order valence-electron chi connectivity index (χ4n) is 3.60. The number of ether oxygens (including phenoxy) is 1. The summed E-state index contributed by atoms with van der Waals surface area (Å²) in [4.78, 5) is 17.5. The number of benzene rings is 1. The number of nitrogens with zero attached hydrogens (tertiary/aromatic N) is 5. The Balaban J connectivity index is 0.000000658. The predicted octanol–water partition coefficient (Wildman–Crippen LogP) is 2.90. The number of anilines is 1. The Kier molecular flexibility index (Phi) is 8.74. The molecule has 1 amide bonds. The molecule has 0 aliphatic carbocycles. The second-order valence-electron chi connectivity index (χ2n) is 8.34. The molecule has 4 rings (SSSR count). The van der Waals surface area contributed by atoms with Crippen LogP contribution in [0.2, 0.25) is 0 Å². The van der Waals surface area contributed by atoms with Crippen LogP contribution >= 0.6 is 0 Å². The smallest absolute Gasteiger partial charge is 0.410 e. The lowest BCUT2D eigenvalue weighted by atomic mass is 9.93. The number of rotatable bonds is 6. The third kappa shape index (κ3) is 7.81. The van der Waals surface area contributed by atoms with Crippen molar-refractivity contribution in [2.75, 3.05) is 31.2 Å². The minimum absolute atomic E-state index is 0.0131.